The molecule has 274 valence electrons. The second-order valence-electron chi connectivity index (χ2n) is 17.1. The van der Waals surface area contributed by atoms with E-state index in [0.717, 1.165) is 57.8 Å². The van der Waals surface area contributed by atoms with Crippen LogP contribution in [-0.2, 0) is 28.7 Å². The minimum atomic E-state index is -0.829. The molecule has 3 saturated carbocycles. The molecule has 1 aliphatic heterocycles. The van der Waals surface area contributed by atoms with Gasteiger partial charge in [-0.25, -0.2) is 4.79 Å². The van der Waals surface area contributed by atoms with Crippen LogP contribution in [0.1, 0.15) is 138 Å². The Bertz CT molecular complexity index is 1270. The molecule has 4 aliphatic rings. The van der Waals surface area contributed by atoms with Crippen LogP contribution in [0.3, 0.4) is 0 Å². The quantitative estimate of drug-likeness (QED) is 0.112. The Morgan fingerprint density at radius 3 is 2.22 bits per heavy atom. The number of urea groups is 1. The normalized spacial score (nSPS) is 25.4. The van der Waals surface area contributed by atoms with Crippen molar-refractivity contribution in [2.24, 2.45) is 29.1 Å². The van der Waals surface area contributed by atoms with Gasteiger partial charge in [-0.3, -0.25) is 24.0 Å². The zero-order chi connectivity index (χ0) is 36.1. The number of allylic oxidation sites excluding steroid dienone is 1. The lowest BCUT2D eigenvalue weighted by atomic mass is 9.82. The van der Waals surface area contributed by atoms with E-state index in [0.29, 0.717) is 19.4 Å². The Kier molecular flexibility index (Phi) is 12.6. The zero-order valence-corrected chi connectivity index (χ0v) is 30.9. The minimum absolute atomic E-state index is 0.0227. The lowest BCUT2D eigenvalue weighted by Gasteiger charge is -2.37. The van der Waals surface area contributed by atoms with Gasteiger partial charge in [-0.15, -0.1) is 6.58 Å². The maximum Gasteiger partial charge on any atom is 0.315 e. The van der Waals surface area contributed by atoms with Crippen molar-refractivity contribution in [3.05, 3.63) is 12.7 Å². The van der Waals surface area contributed by atoms with Crippen LogP contribution in [0.4, 0.5) is 4.79 Å². The van der Waals surface area contributed by atoms with Crippen molar-refractivity contribution in [1.29, 1.82) is 0 Å². The van der Waals surface area contributed by atoms with E-state index in [1.165, 1.54) is 0 Å². The van der Waals surface area contributed by atoms with Crippen LogP contribution in [0.2, 0.25) is 0 Å². The summed E-state index contributed by atoms with van der Waals surface area (Å²) in [6.45, 7) is 16.0. The van der Waals surface area contributed by atoms with E-state index in [2.05, 4.69) is 31.1 Å². The highest BCUT2D eigenvalue weighted by Crippen LogP contribution is 2.65. The zero-order valence-electron chi connectivity index (χ0n) is 30.9. The molecule has 3 aliphatic carbocycles. The highest BCUT2D eigenvalue weighted by atomic mass is 16.6. The van der Waals surface area contributed by atoms with Crippen LogP contribution in [0.15, 0.2) is 12.7 Å². The number of Topliss-reactive ketones (excluding diaryl/α,β-unsaturated/α-hetero) is 3. The van der Waals surface area contributed by atoms with E-state index in [9.17, 15) is 28.8 Å². The van der Waals surface area contributed by atoms with Gasteiger partial charge in [-0.2, -0.15) is 0 Å². The van der Waals surface area contributed by atoms with Crippen molar-refractivity contribution in [1.82, 2.24) is 15.5 Å². The lowest BCUT2D eigenvalue weighted by molar-refractivity contribution is -0.157. The van der Waals surface area contributed by atoms with Crippen molar-refractivity contribution < 1.29 is 33.5 Å². The fourth-order valence-electron chi connectivity index (χ4n) is 8.73. The number of fused-ring (bicyclic) bond motifs is 1. The van der Waals surface area contributed by atoms with Gasteiger partial charge in [0, 0.05) is 37.3 Å². The third kappa shape index (κ3) is 9.81. The topological polar surface area (TPSA) is 139 Å². The standard InChI is InChI=1S/C39H61N3O7/c1-8-9-16-26(34(46)28(43)19-15-20-30(45)49-39(7)21-13-14-22-39)23-29(44)33-31-27(38(31,5)6)24-42(33)35(47)32(25-17-11-10-12-18-25)40-36(48)41-37(2,3)4/h8,25-27,31-33H,1,9-24H2,2-7H3,(H2,40,41,48)/t26?,27-,31-,32-,33+/m0/s1. The van der Waals surface area contributed by atoms with Crippen LogP contribution < -0.4 is 10.6 Å². The molecule has 10 nitrogen and oxygen atoms in total. The van der Waals surface area contributed by atoms with E-state index in [4.69, 9.17) is 4.74 Å². The third-order valence-corrected chi connectivity index (χ3v) is 11.6. The molecule has 1 saturated heterocycles. The number of carbonyl (C=O) groups excluding carboxylic acids is 6. The van der Waals surface area contributed by atoms with Gasteiger partial charge < -0.3 is 20.3 Å². The number of carbonyl (C=O) groups is 6. The molecule has 4 rings (SSSR count). The van der Waals surface area contributed by atoms with E-state index in [1.54, 1.807) is 11.0 Å². The first kappa shape index (κ1) is 38.8. The maximum absolute atomic E-state index is 14.4. The summed E-state index contributed by atoms with van der Waals surface area (Å²) in [5.74, 6) is -2.74. The van der Waals surface area contributed by atoms with Crippen molar-refractivity contribution in [3.63, 3.8) is 0 Å². The van der Waals surface area contributed by atoms with E-state index < -0.39 is 46.7 Å². The molecule has 0 spiro atoms. The first-order valence-corrected chi connectivity index (χ1v) is 18.8. The minimum Gasteiger partial charge on any atom is -0.459 e. The lowest BCUT2D eigenvalue weighted by Crippen LogP contribution is -2.59. The molecule has 49 heavy (non-hydrogen) atoms. The van der Waals surface area contributed by atoms with Crippen LogP contribution in [-0.4, -0.2) is 69.9 Å². The molecule has 0 bridgehead atoms. The van der Waals surface area contributed by atoms with E-state index in [1.807, 2.05) is 27.7 Å². The largest absolute Gasteiger partial charge is 0.459 e. The summed E-state index contributed by atoms with van der Waals surface area (Å²) in [4.78, 5) is 82.4. The van der Waals surface area contributed by atoms with Gasteiger partial charge in [-0.1, -0.05) is 39.2 Å². The van der Waals surface area contributed by atoms with Gasteiger partial charge in [-0.05, 0) is 109 Å². The fourth-order valence-corrected chi connectivity index (χ4v) is 8.73. The van der Waals surface area contributed by atoms with Crippen molar-refractivity contribution in [3.8, 4) is 0 Å². The second kappa shape index (κ2) is 15.9. The van der Waals surface area contributed by atoms with E-state index in [-0.39, 0.29) is 66.5 Å². The molecule has 1 heterocycles. The molecule has 0 aromatic heterocycles. The molecule has 0 aromatic carbocycles. The molecule has 10 heteroatoms. The fraction of sp³-hybridized carbons (Fsp3) is 0.795. The smallest absolute Gasteiger partial charge is 0.315 e. The van der Waals surface area contributed by atoms with Crippen molar-refractivity contribution in [2.45, 2.75) is 161 Å². The average molecular weight is 684 g/mol. The van der Waals surface area contributed by atoms with Crippen molar-refractivity contribution in [2.75, 3.05) is 6.54 Å². The summed E-state index contributed by atoms with van der Waals surface area (Å²) in [6, 6.07) is -1.87. The number of piperidine rings is 1. The number of amides is 3. The number of hydrogen-bond donors (Lipinski definition) is 2. The number of nitrogens with zero attached hydrogens (tertiary/aromatic N) is 1. The summed E-state index contributed by atoms with van der Waals surface area (Å²) in [5.41, 5.74) is -1.05. The number of ketones is 3. The molecule has 5 atom stereocenters. The molecule has 1 unspecified atom stereocenters. The maximum atomic E-state index is 14.4. The monoisotopic (exact) mass is 683 g/mol. The number of hydrogen-bond acceptors (Lipinski definition) is 7. The number of ether oxygens (including phenoxy) is 1. The summed E-state index contributed by atoms with van der Waals surface area (Å²) in [7, 11) is 0. The van der Waals surface area contributed by atoms with Gasteiger partial charge in [0.05, 0.1) is 6.04 Å². The first-order chi connectivity index (χ1) is 23.0. The number of nitrogens with one attached hydrogen (secondary N) is 2. The predicted molar refractivity (Wildman–Crippen MR) is 187 cm³/mol. The van der Waals surface area contributed by atoms with Gasteiger partial charge in [0.2, 0.25) is 11.7 Å². The summed E-state index contributed by atoms with van der Waals surface area (Å²) in [5, 5.41) is 5.90. The molecule has 4 fully saturated rings. The summed E-state index contributed by atoms with van der Waals surface area (Å²) < 4.78 is 5.66. The molecule has 0 radical (unpaired) electrons. The molecule has 3 amide bonds. The number of likely N-dealkylation sites (tertiary alicyclic amines) is 1. The van der Waals surface area contributed by atoms with Crippen molar-refractivity contribution >= 4 is 35.3 Å². The highest BCUT2D eigenvalue weighted by molar-refractivity contribution is 6.38. The second-order valence-corrected chi connectivity index (χ2v) is 17.1. The Hall–Kier alpha value is -3.04. The highest BCUT2D eigenvalue weighted by Gasteiger charge is 2.69. The Labute approximate surface area is 293 Å². The SMILES string of the molecule is C=CCCC(CC(=O)[C@@H]1[C@@H]2[C@H](CN1C(=O)[C@@H](NC(=O)NC(C)(C)C)C1CCCCC1)C2(C)C)C(=O)C(=O)CCCC(=O)OC1(C)CCCC1. The Morgan fingerprint density at radius 2 is 1.61 bits per heavy atom. The molecular formula is C39H61N3O7. The summed E-state index contributed by atoms with van der Waals surface area (Å²) >= 11 is 0. The third-order valence-electron chi connectivity index (χ3n) is 11.6. The van der Waals surface area contributed by atoms with Gasteiger partial charge >= 0.3 is 12.0 Å². The van der Waals surface area contributed by atoms with E-state index >= 15 is 0 Å². The first-order valence-electron chi connectivity index (χ1n) is 18.8. The number of rotatable bonds is 16. The predicted octanol–water partition coefficient (Wildman–Crippen LogP) is 6.24. The van der Waals surface area contributed by atoms with Crippen LogP contribution in [0.5, 0.6) is 0 Å². The molecule has 2 N–H and O–H groups in total. The van der Waals surface area contributed by atoms with Crippen LogP contribution >= 0.6 is 0 Å². The summed E-state index contributed by atoms with van der Waals surface area (Å²) in [6.07, 6.45) is 10.9. The number of esters is 1. The molecule has 0 aromatic rings. The Morgan fingerprint density at radius 1 is 0.959 bits per heavy atom. The Balaban J connectivity index is 1.45. The molecular weight excluding hydrogens is 622 g/mol. The van der Waals surface area contributed by atoms with Gasteiger partial charge in [0.25, 0.3) is 0 Å². The van der Waals surface area contributed by atoms with Gasteiger partial charge in [0.15, 0.2) is 11.6 Å². The average Bonchev–Trinajstić information content (AvgIpc) is 3.37. The van der Waals surface area contributed by atoms with Gasteiger partial charge in [0.1, 0.15) is 11.6 Å². The van der Waals surface area contributed by atoms with Crippen LogP contribution in [0.25, 0.3) is 0 Å². The van der Waals surface area contributed by atoms with Crippen LogP contribution in [0, 0.1) is 29.1 Å².